The molecule has 0 aliphatic rings. The van der Waals surface area contributed by atoms with Crippen LogP contribution in [0, 0.1) is 11.3 Å². The summed E-state index contributed by atoms with van der Waals surface area (Å²) in [6.07, 6.45) is 1.09. The van der Waals surface area contributed by atoms with Gasteiger partial charge >= 0.3 is 0 Å². The van der Waals surface area contributed by atoms with Crippen molar-refractivity contribution in [3.63, 3.8) is 0 Å². The second-order valence-electron chi connectivity index (χ2n) is 3.48. The van der Waals surface area contributed by atoms with Crippen molar-refractivity contribution in [2.75, 3.05) is 21.3 Å². The molecule has 0 radical (unpaired) electrons. The van der Waals surface area contributed by atoms with E-state index in [9.17, 15) is 0 Å². The van der Waals surface area contributed by atoms with Gasteiger partial charge in [-0.05, 0) is 17.7 Å². The molecule has 0 saturated carbocycles. The molecule has 0 fully saturated rings. The lowest BCUT2D eigenvalue weighted by Gasteiger charge is -2.13. The molecule has 1 aromatic rings. The average Bonchev–Trinajstić information content (AvgIpc) is 2.43. The van der Waals surface area contributed by atoms with Gasteiger partial charge in [0.05, 0.1) is 39.2 Å². The second-order valence-corrected chi connectivity index (χ2v) is 3.48. The van der Waals surface area contributed by atoms with E-state index in [0.29, 0.717) is 23.7 Å². The van der Waals surface area contributed by atoms with Crippen LogP contribution in [0.2, 0.25) is 0 Å². The fourth-order valence-corrected chi connectivity index (χ4v) is 1.57. The largest absolute Gasteiger partial charge is 0.515 e. The number of hydrogen-bond acceptors (Lipinski definition) is 5. The Hall–Kier alpha value is -2.35. The molecular formula is C13H15NO4. The van der Waals surface area contributed by atoms with E-state index in [-0.39, 0.29) is 5.57 Å². The molecule has 0 aliphatic heterocycles. The number of rotatable bonds is 5. The first-order chi connectivity index (χ1) is 8.69. The van der Waals surface area contributed by atoms with Crippen molar-refractivity contribution in [3.05, 3.63) is 29.5 Å². The maximum atomic E-state index is 8.87. The Bertz CT molecular complexity index is 463. The predicted molar refractivity (Wildman–Crippen MR) is 66.1 cm³/mol. The van der Waals surface area contributed by atoms with E-state index in [1.807, 2.05) is 6.07 Å². The first kappa shape index (κ1) is 13.7. The Labute approximate surface area is 106 Å². The number of aliphatic hydroxyl groups excluding tert-OH is 1. The van der Waals surface area contributed by atoms with Crippen LogP contribution in [0.4, 0.5) is 0 Å². The van der Waals surface area contributed by atoms with Crippen molar-refractivity contribution in [2.24, 2.45) is 0 Å². The van der Waals surface area contributed by atoms with Crippen molar-refractivity contribution in [1.29, 1.82) is 5.26 Å². The third-order valence-electron chi connectivity index (χ3n) is 2.42. The fourth-order valence-electron chi connectivity index (χ4n) is 1.57. The Morgan fingerprint density at radius 2 is 1.78 bits per heavy atom. The summed E-state index contributed by atoms with van der Waals surface area (Å²) in [5, 5.41) is 17.6. The monoisotopic (exact) mass is 249 g/mol. The van der Waals surface area contributed by atoms with E-state index in [0.717, 1.165) is 11.8 Å². The molecule has 96 valence electrons. The summed E-state index contributed by atoms with van der Waals surface area (Å²) < 4.78 is 15.6. The maximum Gasteiger partial charge on any atom is 0.203 e. The van der Waals surface area contributed by atoms with Gasteiger partial charge in [-0.1, -0.05) is 0 Å². The predicted octanol–water partition coefficient (Wildman–Crippen LogP) is 2.22. The number of allylic oxidation sites excluding steroid dienone is 1. The zero-order valence-electron chi connectivity index (χ0n) is 10.6. The molecule has 5 nitrogen and oxygen atoms in total. The van der Waals surface area contributed by atoms with Crippen LogP contribution in [-0.2, 0) is 6.42 Å². The van der Waals surface area contributed by atoms with Crippen molar-refractivity contribution in [1.82, 2.24) is 0 Å². The van der Waals surface area contributed by atoms with Gasteiger partial charge in [0.25, 0.3) is 0 Å². The Kier molecular flexibility index (Phi) is 4.88. The van der Waals surface area contributed by atoms with Crippen LogP contribution in [0.1, 0.15) is 5.56 Å². The van der Waals surface area contributed by atoms with Crippen molar-refractivity contribution < 1.29 is 19.3 Å². The van der Waals surface area contributed by atoms with Gasteiger partial charge in [-0.25, -0.2) is 0 Å². The van der Waals surface area contributed by atoms with Crippen LogP contribution in [0.5, 0.6) is 17.2 Å². The number of ether oxygens (including phenoxy) is 3. The van der Waals surface area contributed by atoms with Crippen molar-refractivity contribution in [2.45, 2.75) is 6.42 Å². The van der Waals surface area contributed by atoms with Gasteiger partial charge in [0, 0.05) is 6.42 Å². The number of aliphatic hydroxyl groups is 1. The van der Waals surface area contributed by atoms with Crippen LogP contribution < -0.4 is 14.2 Å². The minimum absolute atomic E-state index is 0.254. The van der Waals surface area contributed by atoms with E-state index in [1.165, 1.54) is 21.3 Å². The zero-order valence-corrected chi connectivity index (χ0v) is 10.6. The van der Waals surface area contributed by atoms with E-state index < -0.39 is 0 Å². The maximum absolute atomic E-state index is 8.87. The number of hydrogen-bond donors (Lipinski definition) is 1. The molecule has 0 aliphatic carbocycles. The lowest BCUT2D eigenvalue weighted by atomic mass is 10.1. The smallest absolute Gasteiger partial charge is 0.203 e. The minimum atomic E-state index is 0.254. The summed E-state index contributed by atoms with van der Waals surface area (Å²) in [5.41, 5.74) is 1.04. The standard InChI is InChI=1S/C13H15NO4/c1-16-11-5-9(4-10(7-14)8-15)6-12(17-2)13(11)18-3/h5-6,8,15H,4H2,1-3H3. The summed E-state index contributed by atoms with van der Waals surface area (Å²) in [6.45, 7) is 0. The molecule has 1 aromatic carbocycles. The third kappa shape index (κ3) is 2.86. The molecular weight excluding hydrogens is 234 g/mol. The van der Waals surface area contributed by atoms with E-state index >= 15 is 0 Å². The highest BCUT2D eigenvalue weighted by Gasteiger charge is 2.13. The molecule has 0 bridgehead atoms. The van der Waals surface area contributed by atoms with E-state index in [1.54, 1.807) is 12.1 Å². The molecule has 0 unspecified atom stereocenters. The second kappa shape index (κ2) is 6.40. The molecule has 0 amide bonds. The number of benzene rings is 1. The topological polar surface area (TPSA) is 71.7 Å². The summed E-state index contributed by atoms with van der Waals surface area (Å²) in [5.74, 6) is 1.53. The van der Waals surface area contributed by atoms with Gasteiger partial charge in [-0.2, -0.15) is 5.26 Å². The highest BCUT2D eigenvalue weighted by molar-refractivity contribution is 5.54. The van der Waals surface area contributed by atoms with E-state index in [2.05, 4.69) is 0 Å². The molecule has 0 heterocycles. The normalized spacial score (nSPS) is 10.7. The number of methoxy groups -OCH3 is 3. The first-order valence-corrected chi connectivity index (χ1v) is 5.22. The quantitative estimate of drug-likeness (QED) is 0.640. The minimum Gasteiger partial charge on any atom is -0.515 e. The molecule has 18 heavy (non-hydrogen) atoms. The first-order valence-electron chi connectivity index (χ1n) is 5.22. The fraction of sp³-hybridized carbons (Fsp3) is 0.308. The number of nitriles is 1. The van der Waals surface area contributed by atoms with Crippen LogP contribution >= 0.6 is 0 Å². The molecule has 1 N–H and O–H groups in total. The van der Waals surface area contributed by atoms with Crippen molar-refractivity contribution in [3.8, 4) is 23.3 Å². The lowest BCUT2D eigenvalue weighted by Crippen LogP contribution is -1.98. The van der Waals surface area contributed by atoms with Crippen LogP contribution in [0.3, 0.4) is 0 Å². The van der Waals surface area contributed by atoms with Crippen LogP contribution in [-0.4, -0.2) is 26.4 Å². The average molecular weight is 249 g/mol. The molecule has 0 aromatic heterocycles. The Morgan fingerprint density at radius 1 is 1.22 bits per heavy atom. The third-order valence-corrected chi connectivity index (χ3v) is 2.42. The van der Waals surface area contributed by atoms with Crippen molar-refractivity contribution >= 4 is 0 Å². The molecule has 5 heteroatoms. The molecule has 1 rings (SSSR count). The summed E-state index contributed by atoms with van der Waals surface area (Å²) in [7, 11) is 4.57. The highest BCUT2D eigenvalue weighted by Crippen LogP contribution is 2.38. The number of nitrogens with zero attached hydrogens (tertiary/aromatic N) is 1. The summed E-state index contributed by atoms with van der Waals surface area (Å²) in [4.78, 5) is 0. The summed E-state index contributed by atoms with van der Waals surface area (Å²) in [6, 6.07) is 5.38. The van der Waals surface area contributed by atoms with Gasteiger partial charge in [0.1, 0.15) is 0 Å². The molecule has 0 saturated heterocycles. The van der Waals surface area contributed by atoms with E-state index in [4.69, 9.17) is 24.6 Å². The van der Waals surface area contributed by atoms with Crippen LogP contribution in [0.15, 0.2) is 24.0 Å². The molecule has 0 atom stereocenters. The highest BCUT2D eigenvalue weighted by atomic mass is 16.5. The summed E-state index contributed by atoms with van der Waals surface area (Å²) >= 11 is 0. The van der Waals surface area contributed by atoms with Gasteiger partial charge in [-0.3, -0.25) is 0 Å². The Morgan fingerprint density at radius 3 is 2.11 bits per heavy atom. The SMILES string of the molecule is COc1cc(CC(C#N)=CO)cc(OC)c1OC. The van der Waals surface area contributed by atoms with Crippen LogP contribution in [0.25, 0.3) is 0 Å². The Balaban J connectivity index is 3.20. The van der Waals surface area contributed by atoms with Gasteiger partial charge in [0.2, 0.25) is 5.75 Å². The lowest BCUT2D eigenvalue weighted by molar-refractivity contribution is 0.324. The van der Waals surface area contributed by atoms with Gasteiger partial charge in [0.15, 0.2) is 11.5 Å². The molecule has 0 spiro atoms. The van der Waals surface area contributed by atoms with Gasteiger partial charge < -0.3 is 19.3 Å². The zero-order chi connectivity index (χ0) is 13.5. The van der Waals surface area contributed by atoms with Gasteiger partial charge in [-0.15, -0.1) is 0 Å².